The van der Waals surface area contributed by atoms with Gasteiger partial charge in [0.2, 0.25) is 0 Å². The van der Waals surface area contributed by atoms with Crippen LogP contribution in [0.15, 0.2) is 30.3 Å². The van der Waals surface area contributed by atoms with E-state index in [-0.39, 0.29) is 12.1 Å². The van der Waals surface area contributed by atoms with E-state index in [1.165, 1.54) is 0 Å². The van der Waals surface area contributed by atoms with Gasteiger partial charge < -0.3 is 10.4 Å². The van der Waals surface area contributed by atoms with Crippen molar-refractivity contribution >= 4 is 16.7 Å². The highest BCUT2D eigenvalue weighted by Crippen LogP contribution is 2.25. The lowest BCUT2D eigenvalue weighted by Gasteiger charge is -2.29. The van der Waals surface area contributed by atoms with E-state index < -0.39 is 0 Å². The Bertz CT molecular complexity index is 662. The minimum absolute atomic E-state index is 0.00971. The molecule has 1 aliphatic carbocycles. The molecule has 1 aliphatic rings. The van der Waals surface area contributed by atoms with Crippen LogP contribution < -0.4 is 5.32 Å². The molecule has 0 radical (unpaired) electrons. The molecule has 0 bridgehead atoms. The van der Waals surface area contributed by atoms with Crippen LogP contribution in [0.2, 0.25) is 0 Å². The van der Waals surface area contributed by atoms with Crippen LogP contribution in [-0.4, -0.2) is 22.2 Å². The van der Waals surface area contributed by atoms with Crippen molar-refractivity contribution in [2.24, 2.45) is 0 Å². The maximum Gasteiger partial charge on any atom is 0.144 e. The molecule has 0 saturated heterocycles. The Kier molecular flexibility index (Phi) is 3.53. The second-order valence-corrected chi connectivity index (χ2v) is 5.29. The average molecular weight is 267 g/mol. The summed E-state index contributed by atoms with van der Waals surface area (Å²) in [4.78, 5) is 4.53. The average Bonchev–Trinajstić information content (AvgIpc) is 2.49. The first-order valence-corrected chi connectivity index (χ1v) is 7.02. The fourth-order valence-corrected chi connectivity index (χ4v) is 2.77. The van der Waals surface area contributed by atoms with Crippen molar-refractivity contribution in [1.29, 1.82) is 5.26 Å². The molecular weight excluding hydrogens is 250 g/mol. The molecule has 102 valence electrons. The van der Waals surface area contributed by atoms with Crippen LogP contribution in [0, 0.1) is 11.3 Å². The highest BCUT2D eigenvalue weighted by Gasteiger charge is 2.24. The van der Waals surface area contributed by atoms with Gasteiger partial charge in [-0.2, -0.15) is 5.26 Å². The fourth-order valence-electron chi connectivity index (χ4n) is 2.77. The molecule has 4 nitrogen and oxygen atoms in total. The summed E-state index contributed by atoms with van der Waals surface area (Å²) >= 11 is 0. The van der Waals surface area contributed by atoms with Gasteiger partial charge in [-0.15, -0.1) is 0 Å². The number of fused-ring (bicyclic) bond motifs is 1. The lowest BCUT2D eigenvalue weighted by molar-refractivity contribution is 0.116. The molecule has 2 atom stereocenters. The predicted molar refractivity (Wildman–Crippen MR) is 78.3 cm³/mol. The first-order valence-electron chi connectivity index (χ1n) is 7.02. The zero-order valence-electron chi connectivity index (χ0n) is 11.2. The van der Waals surface area contributed by atoms with E-state index in [0.717, 1.165) is 36.6 Å². The number of benzene rings is 1. The standard InChI is InChI=1S/C16H17N3O/c17-10-12-9-11-5-1-2-6-13(11)18-16(12)19-14-7-3-4-8-15(14)20/h1-2,5-6,9,14-15,20H,3-4,7-8H2,(H,18,19)/t14-,15-/m0/s1. The number of anilines is 1. The minimum Gasteiger partial charge on any atom is -0.391 e. The van der Waals surface area contributed by atoms with Crippen LogP contribution in [0.5, 0.6) is 0 Å². The number of aromatic nitrogens is 1. The van der Waals surface area contributed by atoms with E-state index in [2.05, 4.69) is 16.4 Å². The molecule has 0 spiro atoms. The number of nitrogens with one attached hydrogen (secondary N) is 1. The molecule has 0 amide bonds. The summed E-state index contributed by atoms with van der Waals surface area (Å²) in [5.74, 6) is 0.581. The highest BCUT2D eigenvalue weighted by atomic mass is 16.3. The van der Waals surface area contributed by atoms with E-state index in [9.17, 15) is 10.4 Å². The Morgan fingerprint density at radius 3 is 2.85 bits per heavy atom. The Morgan fingerprint density at radius 2 is 2.05 bits per heavy atom. The third-order valence-electron chi connectivity index (χ3n) is 3.90. The number of nitriles is 1. The molecule has 4 heteroatoms. The number of hydrogen-bond acceptors (Lipinski definition) is 4. The summed E-state index contributed by atoms with van der Waals surface area (Å²) in [5, 5.41) is 23.5. The minimum atomic E-state index is -0.358. The van der Waals surface area contributed by atoms with Crippen molar-refractivity contribution in [3.8, 4) is 6.07 Å². The van der Waals surface area contributed by atoms with Gasteiger partial charge in [0.15, 0.2) is 0 Å². The fraction of sp³-hybridized carbons (Fsp3) is 0.375. The van der Waals surface area contributed by atoms with E-state index in [1.807, 2.05) is 30.3 Å². The number of rotatable bonds is 2. The lowest BCUT2D eigenvalue weighted by Crippen LogP contribution is -2.36. The number of aliphatic hydroxyl groups is 1. The van der Waals surface area contributed by atoms with Crippen LogP contribution in [-0.2, 0) is 0 Å². The topological polar surface area (TPSA) is 68.9 Å². The summed E-state index contributed by atoms with van der Waals surface area (Å²) in [5.41, 5.74) is 1.39. The van der Waals surface area contributed by atoms with Gasteiger partial charge in [0.1, 0.15) is 11.9 Å². The Hall–Kier alpha value is -2.12. The smallest absolute Gasteiger partial charge is 0.144 e. The monoisotopic (exact) mass is 267 g/mol. The first-order chi connectivity index (χ1) is 9.78. The first kappa shape index (κ1) is 12.9. The Labute approximate surface area is 118 Å². The molecule has 0 aliphatic heterocycles. The van der Waals surface area contributed by atoms with Gasteiger partial charge in [0.05, 0.1) is 23.2 Å². The molecule has 0 unspecified atom stereocenters. The van der Waals surface area contributed by atoms with Gasteiger partial charge in [0, 0.05) is 5.39 Å². The molecule has 1 fully saturated rings. The van der Waals surface area contributed by atoms with Crippen LogP contribution in [0.25, 0.3) is 10.9 Å². The van der Waals surface area contributed by atoms with E-state index in [4.69, 9.17) is 0 Å². The van der Waals surface area contributed by atoms with Crippen molar-refractivity contribution in [3.05, 3.63) is 35.9 Å². The zero-order valence-corrected chi connectivity index (χ0v) is 11.2. The highest BCUT2D eigenvalue weighted by molar-refractivity contribution is 5.82. The van der Waals surface area contributed by atoms with Crippen LogP contribution >= 0.6 is 0 Å². The van der Waals surface area contributed by atoms with Gasteiger partial charge in [-0.05, 0) is 25.0 Å². The van der Waals surface area contributed by atoms with Crippen molar-refractivity contribution in [2.45, 2.75) is 37.8 Å². The van der Waals surface area contributed by atoms with Gasteiger partial charge in [-0.25, -0.2) is 4.98 Å². The van der Waals surface area contributed by atoms with Gasteiger partial charge in [-0.3, -0.25) is 0 Å². The van der Waals surface area contributed by atoms with E-state index >= 15 is 0 Å². The molecule has 3 rings (SSSR count). The number of aliphatic hydroxyl groups excluding tert-OH is 1. The molecule has 1 aromatic heterocycles. The second kappa shape index (κ2) is 5.48. The van der Waals surface area contributed by atoms with Gasteiger partial charge in [-0.1, -0.05) is 31.0 Å². The SMILES string of the molecule is N#Cc1cc2ccccc2nc1N[C@H]1CCCC[C@@H]1O. The molecule has 1 heterocycles. The molecule has 1 saturated carbocycles. The molecular formula is C16H17N3O. The van der Waals surface area contributed by atoms with Crippen molar-refractivity contribution in [2.75, 3.05) is 5.32 Å². The summed E-state index contributed by atoms with van der Waals surface area (Å²) in [6.07, 6.45) is 3.54. The number of para-hydroxylation sites is 1. The van der Waals surface area contributed by atoms with Crippen LogP contribution in [0.1, 0.15) is 31.2 Å². The largest absolute Gasteiger partial charge is 0.391 e. The number of pyridine rings is 1. The van der Waals surface area contributed by atoms with E-state index in [0.29, 0.717) is 11.4 Å². The Morgan fingerprint density at radius 1 is 1.25 bits per heavy atom. The van der Waals surface area contributed by atoms with Gasteiger partial charge >= 0.3 is 0 Å². The maximum atomic E-state index is 10.0. The Balaban J connectivity index is 1.95. The normalized spacial score (nSPS) is 22.4. The quantitative estimate of drug-likeness (QED) is 0.878. The summed E-state index contributed by atoms with van der Waals surface area (Å²) in [6, 6.07) is 11.8. The molecule has 2 aromatic rings. The summed E-state index contributed by atoms with van der Waals surface area (Å²) < 4.78 is 0. The maximum absolute atomic E-state index is 10.0. The van der Waals surface area contributed by atoms with Gasteiger partial charge in [0.25, 0.3) is 0 Å². The number of nitrogens with zero attached hydrogens (tertiary/aromatic N) is 2. The summed E-state index contributed by atoms with van der Waals surface area (Å²) in [7, 11) is 0. The van der Waals surface area contributed by atoms with Crippen LogP contribution in [0.4, 0.5) is 5.82 Å². The number of hydrogen-bond donors (Lipinski definition) is 2. The van der Waals surface area contributed by atoms with Crippen LogP contribution in [0.3, 0.4) is 0 Å². The lowest BCUT2D eigenvalue weighted by atomic mass is 9.92. The zero-order chi connectivity index (χ0) is 13.9. The molecule has 20 heavy (non-hydrogen) atoms. The molecule has 1 aromatic carbocycles. The summed E-state index contributed by atoms with van der Waals surface area (Å²) in [6.45, 7) is 0. The van der Waals surface area contributed by atoms with Crippen molar-refractivity contribution in [1.82, 2.24) is 4.98 Å². The predicted octanol–water partition coefficient (Wildman–Crippen LogP) is 2.82. The second-order valence-electron chi connectivity index (χ2n) is 5.29. The van der Waals surface area contributed by atoms with E-state index in [1.54, 1.807) is 0 Å². The molecule has 2 N–H and O–H groups in total. The van der Waals surface area contributed by atoms with Crippen molar-refractivity contribution in [3.63, 3.8) is 0 Å². The third-order valence-corrected chi connectivity index (χ3v) is 3.90. The third kappa shape index (κ3) is 2.45. The van der Waals surface area contributed by atoms with Crippen molar-refractivity contribution < 1.29 is 5.11 Å².